The third kappa shape index (κ3) is 5.01. The first kappa shape index (κ1) is 19.2. The number of nitrogens with one attached hydrogen (secondary N) is 2. The maximum Gasteiger partial charge on any atom is 0.257 e. The van der Waals surface area contributed by atoms with E-state index in [1.807, 2.05) is 36.4 Å². The normalized spacial score (nSPS) is 10.5. The summed E-state index contributed by atoms with van der Waals surface area (Å²) in [5, 5.41) is 5.63. The maximum absolute atomic E-state index is 12.5. The van der Waals surface area contributed by atoms with Crippen LogP contribution in [0.15, 0.2) is 67.3 Å². The summed E-state index contributed by atoms with van der Waals surface area (Å²) in [5.74, 6) is -0.185. The van der Waals surface area contributed by atoms with Gasteiger partial charge >= 0.3 is 0 Å². The van der Waals surface area contributed by atoms with E-state index in [1.165, 1.54) is 24.0 Å². The van der Waals surface area contributed by atoms with E-state index in [2.05, 4.69) is 34.4 Å². The van der Waals surface area contributed by atoms with Crippen molar-refractivity contribution in [3.05, 3.63) is 89.5 Å². The molecule has 142 valence electrons. The van der Waals surface area contributed by atoms with Crippen molar-refractivity contribution in [2.45, 2.75) is 26.3 Å². The summed E-state index contributed by atoms with van der Waals surface area (Å²) in [4.78, 5) is 32.9. The summed E-state index contributed by atoms with van der Waals surface area (Å²) in [6.07, 6.45) is 6.24. The number of anilines is 1. The number of nitrogens with zero attached hydrogens (tertiary/aromatic N) is 2. The lowest BCUT2D eigenvalue weighted by Gasteiger charge is -2.09. The topological polar surface area (TPSA) is 84.0 Å². The average molecular weight is 374 g/mol. The second-order valence-corrected chi connectivity index (χ2v) is 6.74. The molecule has 2 N–H and O–H groups in total. The molecule has 0 aliphatic rings. The Kier molecular flexibility index (Phi) is 6.11. The molecule has 0 spiro atoms. The predicted molar refractivity (Wildman–Crippen MR) is 108 cm³/mol. The van der Waals surface area contributed by atoms with Gasteiger partial charge in [-0.2, -0.15) is 0 Å². The molecule has 0 aliphatic carbocycles. The lowest BCUT2D eigenvalue weighted by molar-refractivity contribution is 0.0950. The van der Waals surface area contributed by atoms with Gasteiger partial charge in [-0.05, 0) is 41.3 Å². The molecule has 0 bridgehead atoms. The smallest absolute Gasteiger partial charge is 0.257 e. The molecule has 0 saturated carbocycles. The summed E-state index contributed by atoms with van der Waals surface area (Å²) < 4.78 is 0. The van der Waals surface area contributed by atoms with Crippen molar-refractivity contribution < 1.29 is 9.59 Å². The van der Waals surface area contributed by atoms with Crippen LogP contribution in [0.2, 0.25) is 0 Å². The van der Waals surface area contributed by atoms with Gasteiger partial charge in [0.2, 0.25) is 0 Å². The van der Waals surface area contributed by atoms with E-state index < -0.39 is 0 Å². The third-order valence-corrected chi connectivity index (χ3v) is 4.27. The summed E-state index contributed by atoms with van der Waals surface area (Å²) in [6, 6.07) is 12.9. The van der Waals surface area contributed by atoms with Crippen LogP contribution in [0.25, 0.3) is 0 Å². The minimum atomic E-state index is -0.313. The van der Waals surface area contributed by atoms with Gasteiger partial charge in [-0.3, -0.25) is 19.6 Å². The molecule has 0 radical (unpaired) electrons. The largest absolute Gasteiger partial charge is 0.348 e. The van der Waals surface area contributed by atoms with Crippen molar-refractivity contribution >= 4 is 17.5 Å². The monoisotopic (exact) mass is 374 g/mol. The molecule has 0 atom stereocenters. The van der Waals surface area contributed by atoms with Crippen LogP contribution in [0.3, 0.4) is 0 Å². The van der Waals surface area contributed by atoms with Crippen LogP contribution in [-0.4, -0.2) is 21.8 Å². The molecule has 1 aromatic carbocycles. The Morgan fingerprint density at radius 1 is 0.929 bits per heavy atom. The van der Waals surface area contributed by atoms with E-state index in [9.17, 15) is 9.59 Å². The molecule has 0 saturated heterocycles. The van der Waals surface area contributed by atoms with E-state index >= 15 is 0 Å². The van der Waals surface area contributed by atoms with Gasteiger partial charge in [-0.1, -0.05) is 32.0 Å². The first-order chi connectivity index (χ1) is 13.5. The molecule has 28 heavy (non-hydrogen) atoms. The van der Waals surface area contributed by atoms with Crippen LogP contribution >= 0.6 is 0 Å². The SMILES string of the molecule is CC(C)c1ccc(NC(=O)c2cncc(C(=O)NCc3cccnc3)c2)cc1. The van der Waals surface area contributed by atoms with Crippen LogP contribution in [0, 0.1) is 0 Å². The van der Waals surface area contributed by atoms with Crippen LogP contribution < -0.4 is 10.6 Å². The van der Waals surface area contributed by atoms with Crippen molar-refractivity contribution in [2.24, 2.45) is 0 Å². The quantitative estimate of drug-likeness (QED) is 0.688. The summed E-state index contributed by atoms with van der Waals surface area (Å²) >= 11 is 0. The Hall–Kier alpha value is -3.54. The molecule has 2 heterocycles. The fourth-order valence-electron chi connectivity index (χ4n) is 2.63. The minimum Gasteiger partial charge on any atom is -0.348 e. The zero-order valence-electron chi connectivity index (χ0n) is 15.8. The second-order valence-electron chi connectivity index (χ2n) is 6.74. The number of carbonyl (C=O) groups excluding carboxylic acids is 2. The van der Waals surface area contributed by atoms with Gasteiger partial charge in [0, 0.05) is 37.0 Å². The fourth-order valence-corrected chi connectivity index (χ4v) is 2.63. The predicted octanol–water partition coefficient (Wildman–Crippen LogP) is 3.78. The van der Waals surface area contributed by atoms with Crippen LogP contribution in [-0.2, 0) is 6.54 Å². The third-order valence-electron chi connectivity index (χ3n) is 4.27. The fraction of sp³-hybridized carbons (Fsp3) is 0.182. The number of aromatic nitrogens is 2. The number of hydrogen-bond acceptors (Lipinski definition) is 4. The summed E-state index contributed by atoms with van der Waals surface area (Å²) in [7, 11) is 0. The van der Waals surface area contributed by atoms with Crippen molar-refractivity contribution in [1.82, 2.24) is 15.3 Å². The van der Waals surface area contributed by atoms with Crippen molar-refractivity contribution in [2.75, 3.05) is 5.32 Å². The van der Waals surface area contributed by atoms with Gasteiger partial charge in [0.05, 0.1) is 11.1 Å². The van der Waals surface area contributed by atoms with Gasteiger partial charge in [0.1, 0.15) is 0 Å². The Labute approximate surface area is 164 Å². The molecular weight excluding hydrogens is 352 g/mol. The first-order valence-corrected chi connectivity index (χ1v) is 9.06. The standard InChI is InChI=1S/C22H22N4O2/c1-15(2)17-5-7-20(8-6-17)26-22(28)19-10-18(13-24-14-19)21(27)25-12-16-4-3-9-23-11-16/h3-11,13-15H,12H2,1-2H3,(H,25,27)(H,26,28). The van der Waals surface area contributed by atoms with Gasteiger partial charge in [0.15, 0.2) is 0 Å². The zero-order valence-corrected chi connectivity index (χ0v) is 15.8. The van der Waals surface area contributed by atoms with Crippen molar-refractivity contribution in [3.8, 4) is 0 Å². The number of benzene rings is 1. The van der Waals surface area contributed by atoms with Gasteiger partial charge in [-0.15, -0.1) is 0 Å². The van der Waals surface area contributed by atoms with Gasteiger partial charge in [0.25, 0.3) is 11.8 Å². The van der Waals surface area contributed by atoms with Gasteiger partial charge in [-0.25, -0.2) is 0 Å². The highest BCUT2D eigenvalue weighted by Gasteiger charge is 2.12. The highest BCUT2D eigenvalue weighted by atomic mass is 16.2. The van der Waals surface area contributed by atoms with E-state index in [0.29, 0.717) is 29.3 Å². The van der Waals surface area contributed by atoms with E-state index in [0.717, 1.165) is 5.56 Å². The molecule has 0 fully saturated rings. The Morgan fingerprint density at radius 2 is 1.64 bits per heavy atom. The Balaban J connectivity index is 1.64. The van der Waals surface area contributed by atoms with E-state index in [4.69, 9.17) is 0 Å². The molecule has 2 amide bonds. The minimum absolute atomic E-state index is 0.299. The van der Waals surface area contributed by atoms with E-state index in [-0.39, 0.29) is 11.8 Å². The molecule has 0 aliphatic heterocycles. The molecule has 6 nitrogen and oxygen atoms in total. The summed E-state index contributed by atoms with van der Waals surface area (Å²) in [6.45, 7) is 4.58. The molecule has 2 aromatic heterocycles. The number of hydrogen-bond donors (Lipinski definition) is 2. The zero-order chi connectivity index (χ0) is 19.9. The lowest BCUT2D eigenvalue weighted by atomic mass is 10.0. The number of rotatable bonds is 6. The Morgan fingerprint density at radius 3 is 2.29 bits per heavy atom. The average Bonchev–Trinajstić information content (AvgIpc) is 2.73. The first-order valence-electron chi connectivity index (χ1n) is 9.06. The van der Waals surface area contributed by atoms with Gasteiger partial charge < -0.3 is 10.6 Å². The van der Waals surface area contributed by atoms with Crippen LogP contribution in [0.4, 0.5) is 5.69 Å². The highest BCUT2D eigenvalue weighted by molar-refractivity contribution is 6.05. The summed E-state index contributed by atoms with van der Waals surface area (Å²) in [5.41, 5.74) is 3.43. The molecule has 6 heteroatoms. The van der Waals surface area contributed by atoms with Crippen LogP contribution in [0.1, 0.15) is 51.6 Å². The van der Waals surface area contributed by atoms with Crippen LogP contribution in [0.5, 0.6) is 0 Å². The van der Waals surface area contributed by atoms with Crippen molar-refractivity contribution in [1.29, 1.82) is 0 Å². The lowest BCUT2D eigenvalue weighted by Crippen LogP contribution is -2.23. The van der Waals surface area contributed by atoms with E-state index in [1.54, 1.807) is 12.4 Å². The molecule has 3 aromatic rings. The second kappa shape index (κ2) is 8.90. The number of carbonyl (C=O) groups is 2. The number of pyridine rings is 2. The Bertz CT molecular complexity index is 954. The number of amides is 2. The molecule has 0 unspecified atom stereocenters. The molecular formula is C22H22N4O2. The maximum atomic E-state index is 12.5. The van der Waals surface area contributed by atoms with Crippen molar-refractivity contribution in [3.63, 3.8) is 0 Å². The highest BCUT2D eigenvalue weighted by Crippen LogP contribution is 2.17. The molecule has 3 rings (SSSR count).